The standard InChI is InChI=1S/C20H17ClN4O/c1-12-5-7-16(8-14(12)3)26-20-17-10-24-25(19(17)22-11-23-20)15-6-4-13(2)18(21)9-15/h4-11H,1-3H3. The van der Waals surface area contributed by atoms with Crippen LogP contribution in [0.1, 0.15) is 16.7 Å². The molecule has 6 heteroatoms. The summed E-state index contributed by atoms with van der Waals surface area (Å²) in [4.78, 5) is 8.65. The van der Waals surface area contributed by atoms with Gasteiger partial charge in [-0.2, -0.15) is 5.10 Å². The maximum absolute atomic E-state index is 6.25. The van der Waals surface area contributed by atoms with Crippen molar-refractivity contribution in [2.24, 2.45) is 0 Å². The Kier molecular flexibility index (Phi) is 4.09. The molecule has 0 amide bonds. The molecule has 2 heterocycles. The molecule has 0 bridgehead atoms. The number of aromatic nitrogens is 4. The van der Waals surface area contributed by atoms with Crippen LogP contribution in [-0.4, -0.2) is 19.7 Å². The summed E-state index contributed by atoms with van der Waals surface area (Å²) in [5.74, 6) is 1.21. The number of aryl methyl sites for hydroxylation is 3. The molecule has 4 aromatic rings. The summed E-state index contributed by atoms with van der Waals surface area (Å²) in [5.41, 5.74) is 4.90. The third kappa shape index (κ3) is 2.91. The second kappa shape index (κ2) is 6.42. The number of hydrogen-bond acceptors (Lipinski definition) is 4. The highest BCUT2D eigenvalue weighted by molar-refractivity contribution is 6.31. The first-order valence-corrected chi connectivity index (χ1v) is 8.61. The van der Waals surface area contributed by atoms with E-state index in [-0.39, 0.29) is 0 Å². The van der Waals surface area contributed by atoms with Crippen molar-refractivity contribution in [2.45, 2.75) is 20.8 Å². The van der Waals surface area contributed by atoms with Crippen LogP contribution < -0.4 is 4.74 Å². The van der Waals surface area contributed by atoms with Crippen molar-refractivity contribution in [3.63, 3.8) is 0 Å². The van der Waals surface area contributed by atoms with Crippen molar-refractivity contribution < 1.29 is 4.74 Å². The smallest absolute Gasteiger partial charge is 0.233 e. The average molecular weight is 365 g/mol. The number of halogens is 1. The Balaban J connectivity index is 1.77. The molecule has 0 unspecified atom stereocenters. The molecule has 0 saturated heterocycles. The summed E-state index contributed by atoms with van der Waals surface area (Å²) in [5, 5.41) is 5.87. The van der Waals surface area contributed by atoms with Gasteiger partial charge in [0.05, 0.1) is 11.9 Å². The van der Waals surface area contributed by atoms with E-state index in [9.17, 15) is 0 Å². The Morgan fingerprint density at radius 1 is 0.923 bits per heavy atom. The van der Waals surface area contributed by atoms with E-state index in [4.69, 9.17) is 16.3 Å². The van der Waals surface area contributed by atoms with Gasteiger partial charge in [-0.05, 0) is 61.7 Å². The van der Waals surface area contributed by atoms with Gasteiger partial charge in [-0.1, -0.05) is 23.7 Å². The summed E-state index contributed by atoms with van der Waals surface area (Å²) in [6.07, 6.45) is 3.19. The van der Waals surface area contributed by atoms with Crippen molar-refractivity contribution in [3.05, 3.63) is 70.6 Å². The van der Waals surface area contributed by atoms with Gasteiger partial charge >= 0.3 is 0 Å². The predicted octanol–water partition coefficient (Wildman–Crippen LogP) is 5.19. The minimum atomic E-state index is 0.475. The fraction of sp³-hybridized carbons (Fsp3) is 0.150. The summed E-state index contributed by atoms with van der Waals surface area (Å²) in [6.45, 7) is 6.08. The van der Waals surface area contributed by atoms with Gasteiger partial charge in [0, 0.05) is 5.02 Å². The summed E-state index contributed by atoms with van der Waals surface area (Å²) >= 11 is 6.25. The molecule has 26 heavy (non-hydrogen) atoms. The Hall–Kier alpha value is -2.92. The van der Waals surface area contributed by atoms with Gasteiger partial charge in [0.1, 0.15) is 17.5 Å². The number of nitrogens with zero attached hydrogens (tertiary/aromatic N) is 4. The van der Waals surface area contributed by atoms with Crippen molar-refractivity contribution in [1.82, 2.24) is 19.7 Å². The molecule has 5 nitrogen and oxygen atoms in total. The van der Waals surface area contributed by atoms with Gasteiger partial charge in [-0.3, -0.25) is 0 Å². The summed E-state index contributed by atoms with van der Waals surface area (Å²) in [6, 6.07) is 11.7. The lowest BCUT2D eigenvalue weighted by atomic mass is 10.1. The maximum atomic E-state index is 6.25. The zero-order chi connectivity index (χ0) is 18.3. The SMILES string of the molecule is Cc1ccc(Oc2ncnc3c2cnn3-c2ccc(C)c(Cl)c2)cc1C. The molecule has 0 N–H and O–H groups in total. The Morgan fingerprint density at radius 2 is 1.73 bits per heavy atom. The lowest BCUT2D eigenvalue weighted by Crippen LogP contribution is -1.99. The number of ether oxygens (including phenoxy) is 1. The molecule has 0 saturated carbocycles. The number of fused-ring (bicyclic) bond motifs is 1. The maximum Gasteiger partial charge on any atom is 0.233 e. The Labute approximate surface area is 156 Å². The fourth-order valence-electron chi connectivity index (χ4n) is 2.70. The van der Waals surface area contributed by atoms with Crippen molar-refractivity contribution in [1.29, 1.82) is 0 Å². The molecule has 0 aliphatic heterocycles. The molecule has 2 aromatic heterocycles. The number of rotatable bonds is 3. The van der Waals surface area contributed by atoms with Crippen molar-refractivity contribution >= 4 is 22.6 Å². The van der Waals surface area contributed by atoms with Crippen LogP contribution >= 0.6 is 11.6 Å². The highest BCUT2D eigenvalue weighted by Crippen LogP contribution is 2.29. The van der Waals surface area contributed by atoms with Crippen LogP contribution in [0.25, 0.3) is 16.7 Å². The first-order valence-electron chi connectivity index (χ1n) is 8.23. The summed E-state index contributed by atoms with van der Waals surface area (Å²) in [7, 11) is 0. The number of hydrogen-bond donors (Lipinski definition) is 0. The molecular weight excluding hydrogens is 348 g/mol. The third-order valence-corrected chi connectivity index (χ3v) is 4.83. The second-order valence-corrected chi connectivity index (χ2v) is 6.66. The van der Waals surface area contributed by atoms with Gasteiger partial charge < -0.3 is 4.74 Å². The molecule has 0 aliphatic carbocycles. The normalized spacial score (nSPS) is 11.1. The van der Waals surface area contributed by atoms with E-state index in [1.165, 1.54) is 11.9 Å². The first-order chi connectivity index (χ1) is 12.5. The van der Waals surface area contributed by atoms with Crippen LogP contribution in [0.15, 0.2) is 48.9 Å². The lowest BCUT2D eigenvalue weighted by molar-refractivity contribution is 0.467. The lowest BCUT2D eigenvalue weighted by Gasteiger charge is -2.08. The first kappa shape index (κ1) is 16.5. The van der Waals surface area contributed by atoms with Crippen molar-refractivity contribution in [2.75, 3.05) is 0 Å². The van der Waals surface area contributed by atoms with E-state index in [1.54, 1.807) is 10.9 Å². The Bertz CT molecular complexity index is 1120. The molecule has 4 rings (SSSR count). The molecule has 0 radical (unpaired) electrons. The van der Waals surface area contributed by atoms with Gasteiger partial charge in [-0.15, -0.1) is 0 Å². The molecular formula is C20H17ClN4O. The fourth-order valence-corrected chi connectivity index (χ4v) is 2.87. The van der Waals surface area contributed by atoms with Gasteiger partial charge in [0.2, 0.25) is 5.88 Å². The molecule has 0 fully saturated rings. The monoisotopic (exact) mass is 364 g/mol. The van der Waals surface area contributed by atoms with E-state index >= 15 is 0 Å². The second-order valence-electron chi connectivity index (χ2n) is 6.25. The van der Waals surface area contributed by atoms with E-state index in [0.29, 0.717) is 16.5 Å². The molecule has 2 aromatic carbocycles. The predicted molar refractivity (Wildman–Crippen MR) is 102 cm³/mol. The van der Waals surface area contributed by atoms with E-state index < -0.39 is 0 Å². The van der Waals surface area contributed by atoms with E-state index in [1.807, 2.05) is 43.3 Å². The van der Waals surface area contributed by atoms with Crippen LogP contribution in [0, 0.1) is 20.8 Å². The van der Waals surface area contributed by atoms with Crippen molar-refractivity contribution in [3.8, 4) is 17.3 Å². The highest BCUT2D eigenvalue weighted by Gasteiger charge is 2.13. The van der Waals surface area contributed by atoms with Crippen LogP contribution in [0.4, 0.5) is 0 Å². The van der Waals surface area contributed by atoms with E-state index in [2.05, 4.69) is 28.9 Å². The third-order valence-electron chi connectivity index (χ3n) is 4.42. The van der Waals surface area contributed by atoms with Gasteiger partial charge in [0.15, 0.2) is 5.65 Å². The van der Waals surface area contributed by atoms with Crippen LogP contribution in [0.2, 0.25) is 5.02 Å². The number of benzene rings is 2. The average Bonchev–Trinajstić information content (AvgIpc) is 3.06. The Morgan fingerprint density at radius 3 is 2.50 bits per heavy atom. The van der Waals surface area contributed by atoms with Gasteiger partial charge in [-0.25, -0.2) is 14.6 Å². The van der Waals surface area contributed by atoms with Crippen LogP contribution in [0.5, 0.6) is 11.6 Å². The zero-order valence-corrected chi connectivity index (χ0v) is 15.4. The topological polar surface area (TPSA) is 52.8 Å². The van der Waals surface area contributed by atoms with E-state index in [0.717, 1.165) is 28.0 Å². The quantitative estimate of drug-likeness (QED) is 0.502. The molecule has 0 atom stereocenters. The summed E-state index contributed by atoms with van der Waals surface area (Å²) < 4.78 is 7.72. The molecule has 130 valence electrons. The molecule has 0 spiro atoms. The minimum absolute atomic E-state index is 0.475. The zero-order valence-electron chi connectivity index (χ0n) is 14.7. The van der Waals surface area contributed by atoms with Gasteiger partial charge in [0.25, 0.3) is 0 Å². The minimum Gasteiger partial charge on any atom is -0.438 e. The highest BCUT2D eigenvalue weighted by atomic mass is 35.5. The van der Waals surface area contributed by atoms with Crippen LogP contribution in [-0.2, 0) is 0 Å². The molecule has 0 aliphatic rings. The van der Waals surface area contributed by atoms with Crippen LogP contribution in [0.3, 0.4) is 0 Å². The largest absolute Gasteiger partial charge is 0.438 e.